The summed E-state index contributed by atoms with van der Waals surface area (Å²) < 4.78 is 10.2. The first-order valence-electron chi connectivity index (χ1n) is 16.0. The van der Waals surface area contributed by atoms with Crippen molar-refractivity contribution in [3.05, 3.63) is 158 Å². The van der Waals surface area contributed by atoms with Crippen LogP contribution in [0.15, 0.2) is 162 Å². The van der Waals surface area contributed by atoms with E-state index in [4.69, 9.17) is 9.40 Å². The van der Waals surface area contributed by atoms with Crippen LogP contribution in [0.1, 0.15) is 0 Å². The summed E-state index contributed by atoms with van der Waals surface area (Å²) in [5.41, 5.74) is 9.53. The second kappa shape index (κ2) is 10.9. The molecule has 3 aromatic heterocycles. The summed E-state index contributed by atoms with van der Waals surface area (Å²) in [5, 5.41) is 5.81. The fourth-order valence-electron chi connectivity index (χ4n) is 6.89. The van der Waals surface area contributed by atoms with E-state index in [0.29, 0.717) is 0 Å². The van der Waals surface area contributed by atoms with Crippen LogP contribution in [0, 0.1) is 0 Å². The minimum atomic E-state index is 0.873. The minimum Gasteiger partial charge on any atom is -0.456 e. The van der Waals surface area contributed by atoms with Gasteiger partial charge in [0.1, 0.15) is 16.2 Å². The Morgan fingerprint density at radius 2 is 1.19 bits per heavy atom. The molecular weight excluding hydrogens is 625 g/mol. The molecule has 0 aliphatic carbocycles. The molecule has 0 aliphatic heterocycles. The van der Waals surface area contributed by atoms with Crippen LogP contribution in [-0.2, 0) is 0 Å². The zero-order chi connectivity index (χ0) is 31.6. The van der Waals surface area contributed by atoms with Gasteiger partial charge in [0.05, 0.1) is 15.9 Å². The number of furan rings is 1. The zero-order valence-corrected chi connectivity index (χ0v) is 27.3. The quantitative estimate of drug-likeness (QED) is 0.186. The maximum atomic E-state index is 6.40. The smallest absolute Gasteiger partial charge is 0.137 e. The topological polar surface area (TPSA) is 29.3 Å². The lowest BCUT2D eigenvalue weighted by atomic mass is 10.0. The molecule has 0 fully saturated rings. The lowest BCUT2D eigenvalue weighted by Gasteiger charge is -2.28. The van der Waals surface area contributed by atoms with Gasteiger partial charge in [-0.1, -0.05) is 97.1 Å². The lowest BCUT2D eigenvalue weighted by molar-refractivity contribution is 0.669. The summed E-state index contributed by atoms with van der Waals surface area (Å²) in [6.07, 6.45) is 0. The third-order valence-corrected chi connectivity index (χ3v) is 11.4. The van der Waals surface area contributed by atoms with Crippen LogP contribution >= 0.6 is 22.7 Å². The van der Waals surface area contributed by atoms with Crippen molar-refractivity contribution >= 4 is 92.1 Å². The number of thiophene rings is 1. The molecule has 5 heteroatoms. The van der Waals surface area contributed by atoms with Crippen LogP contribution in [0.5, 0.6) is 0 Å². The summed E-state index contributed by atoms with van der Waals surface area (Å²) in [7, 11) is 0. The predicted octanol–water partition coefficient (Wildman–Crippen LogP) is 13.4. The van der Waals surface area contributed by atoms with Crippen LogP contribution in [0.2, 0.25) is 0 Å². The maximum Gasteiger partial charge on any atom is 0.137 e. The highest BCUT2D eigenvalue weighted by molar-refractivity contribution is 7.28. The average molecular weight is 651 g/mol. The van der Waals surface area contributed by atoms with Crippen LogP contribution in [0.25, 0.3) is 74.0 Å². The number of nitrogens with zero attached hydrogens (tertiary/aromatic N) is 2. The molecule has 0 atom stereocenters. The summed E-state index contributed by atoms with van der Waals surface area (Å²) in [6.45, 7) is 0. The number of fused-ring (bicyclic) bond motifs is 8. The maximum absolute atomic E-state index is 6.40. The third kappa shape index (κ3) is 4.36. The van der Waals surface area contributed by atoms with Crippen LogP contribution in [-0.4, -0.2) is 4.98 Å². The standard InChI is InChI=1S/C43H26N2OS2/c1-3-11-27(12-4-1)31-15-7-9-17-36(31)45(30-19-21-33-32-16-8-10-18-37(32)46-38(33)26-30)29-20-23-39-34(25-29)41-40(47-39)24-22-35-42(41)48-43(44-35)28-13-5-2-6-14-28/h1-26H. The van der Waals surface area contributed by atoms with E-state index in [1.54, 1.807) is 11.3 Å². The zero-order valence-electron chi connectivity index (χ0n) is 25.6. The molecule has 0 amide bonds. The predicted molar refractivity (Wildman–Crippen MR) is 205 cm³/mol. The van der Waals surface area contributed by atoms with Gasteiger partial charge in [0.25, 0.3) is 0 Å². The van der Waals surface area contributed by atoms with Crippen molar-refractivity contribution < 1.29 is 4.42 Å². The summed E-state index contributed by atoms with van der Waals surface area (Å²) in [4.78, 5) is 7.44. The number of aromatic nitrogens is 1. The first kappa shape index (κ1) is 27.4. The Hall–Kier alpha value is -5.75. The Balaban J connectivity index is 1.22. The van der Waals surface area contributed by atoms with Crippen molar-refractivity contribution in [1.82, 2.24) is 4.98 Å². The molecular formula is C43H26N2OS2. The van der Waals surface area contributed by atoms with Gasteiger partial charge in [-0.25, -0.2) is 4.98 Å². The molecule has 10 aromatic rings. The largest absolute Gasteiger partial charge is 0.456 e. The van der Waals surface area contributed by atoms with E-state index in [2.05, 4.69) is 150 Å². The van der Waals surface area contributed by atoms with Crippen molar-refractivity contribution in [2.45, 2.75) is 0 Å². The second-order valence-corrected chi connectivity index (χ2v) is 14.0. The molecule has 0 N–H and O–H groups in total. The van der Waals surface area contributed by atoms with Gasteiger partial charge in [-0.05, 0) is 60.2 Å². The van der Waals surface area contributed by atoms with E-state index in [0.717, 1.165) is 60.7 Å². The Bertz CT molecular complexity index is 2790. The van der Waals surface area contributed by atoms with E-state index < -0.39 is 0 Å². The van der Waals surface area contributed by atoms with Crippen molar-refractivity contribution in [2.24, 2.45) is 0 Å². The van der Waals surface area contributed by atoms with Gasteiger partial charge in [0, 0.05) is 59.5 Å². The molecule has 3 nitrogen and oxygen atoms in total. The minimum absolute atomic E-state index is 0.873. The van der Waals surface area contributed by atoms with E-state index in [9.17, 15) is 0 Å². The Morgan fingerprint density at radius 3 is 2.06 bits per heavy atom. The highest BCUT2D eigenvalue weighted by atomic mass is 32.1. The summed E-state index contributed by atoms with van der Waals surface area (Å²) in [6, 6.07) is 55.9. The van der Waals surface area contributed by atoms with Gasteiger partial charge in [-0.15, -0.1) is 22.7 Å². The highest BCUT2D eigenvalue weighted by Gasteiger charge is 2.21. The van der Waals surface area contributed by atoms with Gasteiger partial charge in [-0.3, -0.25) is 0 Å². The molecule has 10 rings (SSSR count). The second-order valence-electron chi connectivity index (χ2n) is 12.0. The van der Waals surface area contributed by atoms with Crippen molar-refractivity contribution in [2.75, 3.05) is 4.90 Å². The average Bonchev–Trinajstić information content (AvgIpc) is 3.85. The van der Waals surface area contributed by atoms with E-state index in [-0.39, 0.29) is 0 Å². The molecule has 48 heavy (non-hydrogen) atoms. The Morgan fingerprint density at radius 1 is 0.500 bits per heavy atom. The van der Waals surface area contributed by atoms with Crippen molar-refractivity contribution in [3.63, 3.8) is 0 Å². The monoisotopic (exact) mass is 650 g/mol. The van der Waals surface area contributed by atoms with Crippen molar-refractivity contribution in [3.8, 4) is 21.7 Å². The SMILES string of the molecule is c1ccc(-c2nc3ccc4sc5ccc(N(c6ccc7c(c6)oc6ccccc67)c6ccccc6-c6ccccc6)cc5c4c3s2)cc1. The number of rotatable bonds is 5. The van der Waals surface area contributed by atoms with Gasteiger partial charge in [0.15, 0.2) is 0 Å². The first-order chi connectivity index (χ1) is 23.8. The molecule has 0 saturated heterocycles. The lowest BCUT2D eigenvalue weighted by Crippen LogP contribution is -2.11. The van der Waals surface area contributed by atoms with Crippen molar-refractivity contribution in [1.29, 1.82) is 0 Å². The fraction of sp³-hybridized carbons (Fsp3) is 0. The number of hydrogen-bond donors (Lipinski definition) is 0. The normalized spacial score (nSPS) is 11.8. The molecule has 0 spiro atoms. The molecule has 0 unspecified atom stereocenters. The summed E-state index contributed by atoms with van der Waals surface area (Å²) in [5.74, 6) is 0. The number of anilines is 3. The third-order valence-electron chi connectivity index (χ3n) is 9.10. The van der Waals surface area contributed by atoms with Crippen LogP contribution < -0.4 is 4.90 Å². The molecule has 7 aromatic carbocycles. The van der Waals surface area contributed by atoms with Crippen LogP contribution in [0.3, 0.4) is 0 Å². The van der Waals surface area contributed by atoms with Gasteiger partial charge >= 0.3 is 0 Å². The first-order valence-corrected chi connectivity index (χ1v) is 17.6. The molecule has 0 radical (unpaired) electrons. The number of hydrogen-bond acceptors (Lipinski definition) is 5. The van der Waals surface area contributed by atoms with Gasteiger partial charge in [0.2, 0.25) is 0 Å². The van der Waals surface area contributed by atoms with E-state index in [1.165, 1.54) is 30.4 Å². The number of benzene rings is 7. The molecule has 3 heterocycles. The number of para-hydroxylation sites is 2. The van der Waals surface area contributed by atoms with E-state index >= 15 is 0 Å². The molecule has 226 valence electrons. The Kier molecular flexibility index (Phi) is 6.22. The molecule has 0 saturated carbocycles. The summed E-state index contributed by atoms with van der Waals surface area (Å²) >= 11 is 3.62. The van der Waals surface area contributed by atoms with Crippen LogP contribution in [0.4, 0.5) is 17.1 Å². The van der Waals surface area contributed by atoms with Gasteiger partial charge in [-0.2, -0.15) is 0 Å². The Labute approximate surface area is 284 Å². The molecule has 0 bridgehead atoms. The number of thiazole rings is 1. The molecule has 0 aliphatic rings. The van der Waals surface area contributed by atoms with Gasteiger partial charge < -0.3 is 9.32 Å². The van der Waals surface area contributed by atoms with E-state index in [1.807, 2.05) is 23.5 Å². The highest BCUT2D eigenvalue weighted by Crippen LogP contribution is 2.47. The fourth-order valence-corrected chi connectivity index (χ4v) is 9.18.